The number of carbonyl (C=O) groups excluding carboxylic acids is 3. The number of unbranched alkanes of at least 4 members (excludes halogenated alkanes) is 1. The van der Waals surface area contributed by atoms with Crippen molar-refractivity contribution in [2.75, 3.05) is 25.0 Å². The standard InChI is InChI=1S/C25H37IN4O3S/c1-2-18-7-11-21(12-8-18)30-25(34)29-17-19-5-9-20(10-6-19)24(33)28-16-4-3-15-27-23(32)14-13-22(26)31/h7-8,11-12,19-20H,2-6,9-10,13-17H2,1H3,(H,27,32)(H,28,33)(H2,29,30,34). The van der Waals surface area contributed by atoms with Crippen molar-refractivity contribution >= 4 is 61.2 Å². The van der Waals surface area contributed by atoms with Gasteiger partial charge in [-0.3, -0.25) is 14.4 Å². The van der Waals surface area contributed by atoms with Crippen molar-refractivity contribution in [1.82, 2.24) is 16.0 Å². The smallest absolute Gasteiger partial charge is 0.223 e. The van der Waals surface area contributed by atoms with E-state index in [0.29, 0.717) is 24.1 Å². The van der Waals surface area contributed by atoms with Crippen molar-refractivity contribution in [3.8, 4) is 0 Å². The molecule has 1 aliphatic rings. The zero-order valence-corrected chi connectivity index (χ0v) is 22.9. The molecule has 1 aromatic rings. The number of hydrogen-bond acceptors (Lipinski definition) is 4. The number of amides is 2. The fourth-order valence-corrected chi connectivity index (χ4v) is 4.47. The molecule has 0 spiro atoms. The lowest BCUT2D eigenvalue weighted by atomic mass is 9.81. The topological polar surface area (TPSA) is 99.3 Å². The van der Waals surface area contributed by atoms with Crippen LogP contribution in [0.5, 0.6) is 0 Å². The summed E-state index contributed by atoms with van der Waals surface area (Å²) in [5.41, 5.74) is 2.29. The predicted octanol–water partition coefficient (Wildman–Crippen LogP) is 4.10. The first-order valence-corrected chi connectivity index (χ1v) is 13.7. The predicted molar refractivity (Wildman–Crippen MR) is 149 cm³/mol. The molecule has 0 aliphatic heterocycles. The van der Waals surface area contributed by atoms with Crippen LogP contribution < -0.4 is 21.3 Å². The molecule has 34 heavy (non-hydrogen) atoms. The summed E-state index contributed by atoms with van der Waals surface area (Å²) in [6.45, 7) is 4.16. The molecule has 1 fully saturated rings. The number of rotatable bonds is 13. The Kier molecular flexibility index (Phi) is 13.4. The van der Waals surface area contributed by atoms with Crippen molar-refractivity contribution < 1.29 is 14.4 Å². The molecule has 0 bridgehead atoms. The first-order valence-electron chi connectivity index (χ1n) is 12.2. The lowest BCUT2D eigenvalue weighted by molar-refractivity contribution is -0.126. The van der Waals surface area contributed by atoms with E-state index in [4.69, 9.17) is 12.2 Å². The highest BCUT2D eigenvalue weighted by Crippen LogP contribution is 2.28. The maximum absolute atomic E-state index is 12.4. The summed E-state index contributed by atoms with van der Waals surface area (Å²) in [6, 6.07) is 8.30. The number of benzene rings is 1. The van der Waals surface area contributed by atoms with Gasteiger partial charge in [-0.25, -0.2) is 0 Å². The van der Waals surface area contributed by atoms with E-state index in [0.717, 1.165) is 57.2 Å². The number of aryl methyl sites for hydroxylation is 1. The van der Waals surface area contributed by atoms with E-state index >= 15 is 0 Å². The van der Waals surface area contributed by atoms with Gasteiger partial charge in [-0.2, -0.15) is 0 Å². The molecule has 0 heterocycles. The van der Waals surface area contributed by atoms with Crippen LogP contribution >= 0.6 is 34.8 Å². The molecule has 9 heteroatoms. The largest absolute Gasteiger partial charge is 0.362 e. The molecule has 0 radical (unpaired) electrons. The third-order valence-electron chi connectivity index (χ3n) is 6.16. The van der Waals surface area contributed by atoms with E-state index in [1.54, 1.807) is 22.6 Å². The van der Waals surface area contributed by atoms with E-state index < -0.39 is 0 Å². The summed E-state index contributed by atoms with van der Waals surface area (Å²) in [7, 11) is 0. The van der Waals surface area contributed by atoms with Crippen LogP contribution in [-0.2, 0) is 20.8 Å². The van der Waals surface area contributed by atoms with Gasteiger partial charge in [0.05, 0.1) is 0 Å². The van der Waals surface area contributed by atoms with Crippen LogP contribution in [0.1, 0.15) is 63.9 Å². The van der Waals surface area contributed by atoms with Crippen molar-refractivity contribution in [2.24, 2.45) is 11.8 Å². The molecule has 188 valence electrons. The summed E-state index contributed by atoms with van der Waals surface area (Å²) in [6.07, 6.45) is 7.01. The van der Waals surface area contributed by atoms with Crippen molar-refractivity contribution in [3.63, 3.8) is 0 Å². The second-order valence-electron chi connectivity index (χ2n) is 8.81. The molecular formula is C25H37IN4O3S. The molecule has 4 N–H and O–H groups in total. The minimum absolute atomic E-state index is 0.00490. The zero-order chi connectivity index (χ0) is 24.8. The van der Waals surface area contributed by atoms with Gasteiger partial charge in [0.15, 0.2) is 8.90 Å². The second-order valence-corrected chi connectivity index (χ2v) is 10.4. The number of halogens is 1. The fourth-order valence-electron chi connectivity index (χ4n) is 4.00. The molecule has 2 rings (SSSR count). The monoisotopic (exact) mass is 600 g/mol. The van der Waals surface area contributed by atoms with Gasteiger partial charge in [0.2, 0.25) is 11.8 Å². The molecule has 0 aromatic heterocycles. The Bertz CT molecular complexity index is 811. The van der Waals surface area contributed by atoms with Crippen LogP contribution in [0.25, 0.3) is 0 Å². The summed E-state index contributed by atoms with van der Waals surface area (Å²) in [5, 5.41) is 13.0. The summed E-state index contributed by atoms with van der Waals surface area (Å²) >= 11 is 7.12. The molecule has 1 aromatic carbocycles. The lowest BCUT2D eigenvalue weighted by Crippen LogP contribution is -2.37. The summed E-state index contributed by atoms with van der Waals surface area (Å²) in [4.78, 5) is 34.9. The number of carbonyl (C=O) groups is 3. The van der Waals surface area contributed by atoms with Gasteiger partial charge < -0.3 is 21.3 Å². The highest BCUT2D eigenvalue weighted by atomic mass is 127. The second kappa shape index (κ2) is 16.0. The third kappa shape index (κ3) is 11.6. The van der Waals surface area contributed by atoms with Crippen LogP contribution in [0, 0.1) is 11.8 Å². The van der Waals surface area contributed by atoms with Crippen LogP contribution in [-0.4, -0.2) is 40.4 Å². The van der Waals surface area contributed by atoms with Gasteiger partial charge in [-0.05, 0) is 103 Å². The lowest BCUT2D eigenvalue weighted by Gasteiger charge is -2.28. The van der Waals surface area contributed by atoms with E-state index in [1.807, 2.05) is 12.1 Å². The minimum Gasteiger partial charge on any atom is -0.362 e. The average molecular weight is 601 g/mol. The van der Waals surface area contributed by atoms with Gasteiger partial charge in [0.25, 0.3) is 0 Å². The third-order valence-corrected chi connectivity index (χ3v) is 6.95. The van der Waals surface area contributed by atoms with Gasteiger partial charge in [-0.15, -0.1) is 0 Å². The Morgan fingerprint density at radius 1 is 0.941 bits per heavy atom. The normalized spacial score (nSPS) is 17.5. The Morgan fingerprint density at radius 2 is 1.59 bits per heavy atom. The average Bonchev–Trinajstić information content (AvgIpc) is 2.84. The molecule has 2 amide bonds. The Labute approximate surface area is 222 Å². The number of nitrogens with one attached hydrogen (secondary N) is 4. The quantitative estimate of drug-likeness (QED) is 0.118. The SMILES string of the molecule is CCc1ccc(NC(=S)NCC2CCC(C(=O)NCCCCNC(=O)CCC(=O)I)CC2)cc1. The van der Waals surface area contributed by atoms with E-state index in [-0.39, 0.29) is 34.4 Å². The van der Waals surface area contributed by atoms with E-state index in [9.17, 15) is 14.4 Å². The van der Waals surface area contributed by atoms with Crippen LogP contribution in [0.3, 0.4) is 0 Å². The molecule has 7 nitrogen and oxygen atoms in total. The Morgan fingerprint density at radius 3 is 2.21 bits per heavy atom. The van der Waals surface area contributed by atoms with E-state index in [2.05, 4.69) is 40.3 Å². The van der Waals surface area contributed by atoms with Crippen LogP contribution in [0.4, 0.5) is 5.69 Å². The van der Waals surface area contributed by atoms with Crippen LogP contribution in [0.15, 0.2) is 24.3 Å². The van der Waals surface area contributed by atoms with Gasteiger partial charge in [0, 0.05) is 44.1 Å². The molecule has 0 atom stereocenters. The fraction of sp³-hybridized carbons (Fsp3) is 0.600. The molecule has 1 saturated carbocycles. The maximum Gasteiger partial charge on any atom is 0.223 e. The number of hydrogen-bond donors (Lipinski definition) is 4. The van der Waals surface area contributed by atoms with Crippen molar-refractivity contribution in [2.45, 2.75) is 64.7 Å². The van der Waals surface area contributed by atoms with Gasteiger partial charge in [0.1, 0.15) is 0 Å². The molecule has 0 unspecified atom stereocenters. The highest BCUT2D eigenvalue weighted by molar-refractivity contribution is 14.1. The van der Waals surface area contributed by atoms with Crippen LogP contribution in [0.2, 0.25) is 0 Å². The summed E-state index contributed by atoms with van der Waals surface area (Å²) < 4.78 is -0.00490. The number of anilines is 1. The molecular weight excluding hydrogens is 563 g/mol. The van der Waals surface area contributed by atoms with Crippen molar-refractivity contribution in [1.29, 1.82) is 0 Å². The summed E-state index contributed by atoms with van der Waals surface area (Å²) in [5.74, 6) is 0.660. The first-order chi connectivity index (χ1) is 16.4. The molecule has 0 saturated heterocycles. The minimum atomic E-state index is -0.0949. The molecule has 1 aliphatic carbocycles. The number of thiocarbonyl (C=S) groups is 1. The van der Waals surface area contributed by atoms with E-state index in [1.165, 1.54) is 5.56 Å². The van der Waals surface area contributed by atoms with Gasteiger partial charge in [-0.1, -0.05) is 19.1 Å². The maximum atomic E-state index is 12.4. The Balaban J connectivity index is 1.52. The first kappa shape index (κ1) is 28.5. The van der Waals surface area contributed by atoms with Crippen molar-refractivity contribution in [3.05, 3.63) is 29.8 Å². The highest BCUT2D eigenvalue weighted by Gasteiger charge is 2.26. The Hall–Kier alpha value is -1.75. The van der Waals surface area contributed by atoms with Gasteiger partial charge >= 0.3 is 0 Å². The zero-order valence-electron chi connectivity index (χ0n) is 20.0.